The van der Waals surface area contributed by atoms with E-state index < -0.39 is 36.7 Å². The highest BCUT2D eigenvalue weighted by atomic mass is 32.2. The van der Waals surface area contributed by atoms with E-state index >= 15 is 0 Å². The van der Waals surface area contributed by atoms with Crippen LogP contribution in [0.1, 0.15) is 12.7 Å². The Balaban J connectivity index is 2.69. The number of nitrogens with zero attached hydrogens (tertiary/aromatic N) is 5. The zero-order valence-electron chi connectivity index (χ0n) is 11.1. The molecule has 1 aromatic heterocycles. The molecule has 0 N–H and O–H groups in total. The smallest absolute Gasteiger partial charge is 0.259 e. The monoisotopic (exact) mass is 316 g/mol. The lowest BCUT2D eigenvalue weighted by Gasteiger charge is -2.28. The number of hydrogen-bond acceptors (Lipinski definition) is 6. The molecule has 0 radical (unpaired) electrons. The van der Waals surface area contributed by atoms with E-state index in [-0.39, 0.29) is 18.2 Å². The van der Waals surface area contributed by atoms with Crippen LogP contribution < -0.4 is 0 Å². The van der Waals surface area contributed by atoms with Crippen molar-refractivity contribution in [3.8, 4) is 0 Å². The fourth-order valence-electron chi connectivity index (χ4n) is 2.09. The number of amidine groups is 1. The van der Waals surface area contributed by atoms with Crippen LogP contribution >= 0.6 is 0 Å². The molecule has 0 fully saturated rings. The van der Waals surface area contributed by atoms with Gasteiger partial charge in [0.1, 0.15) is 0 Å². The molecular weight excluding hydrogens is 305 g/mol. The second-order valence-corrected chi connectivity index (χ2v) is 5.36. The maximum absolute atomic E-state index is 12.9. The van der Waals surface area contributed by atoms with Crippen LogP contribution in [0, 0.1) is 15.9 Å². The molecular formula is C10H11FN5O4S+. The van der Waals surface area contributed by atoms with Crippen molar-refractivity contribution in [2.75, 3.05) is 13.6 Å². The van der Waals surface area contributed by atoms with Gasteiger partial charge in [0.05, 0.1) is 30.9 Å². The van der Waals surface area contributed by atoms with Gasteiger partial charge in [-0.1, -0.05) is 0 Å². The molecule has 1 aliphatic rings. The predicted molar refractivity (Wildman–Crippen MR) is 70.0 cm³/mol. The van der Waals surface area contributed by atoms with E-state index in [0.29, 0.717) is 0 Å². The van der Waals surface area contributed by atoms with Crippen molar-refractivity contribution >= 4 is 21.1 Å². The molecule has 21 heavy (non-hydrogen) atoms. The minimum atomic E-state index is -2.85. The van der Waals surface area contributed by atoms with Crippen LogP contribution in [0.15, 0.2) is 17.4 Å². The van der Waals surface area contributed by atoms with Gasteiger partial charge in [0.15, 0.2) is 5.82 Å². The van der Waals surface area contributed by atoms with Crippen molar-refractivity contribution in [1.29, 1.82) is 0 Å². The lowest BCUT2D eigenvalue weighted by Crippen LogP contribution is -2.58. The van der Waals surface area contributed by atoms with Gasteiger partial charge in [-0.15, -0.1) is 0 Å². The molecule has 112 valence electrons. The van der Waals surface area contributed by atoms with Crippen molar-refractivity contribution in [3.63, 3.8) is 0 Å². The van der Waals surface area contributed by atoms with Crippen LogP contribution in [0.4, 0.5) is 4.39 Å². The first-order valence-electron chi connectivity index (χ1n) is 5.83. The van der Waals surface area contributed by atoms with Crippen molar-refractivity contribution in [1.82, 2.24) is 9.97 Å². The third kappa shape index (κ3) is 2.40. The van der Waals surface area contributed by atoms with Crippen molar-refractivity contribution in [2.24, 2.45) is 4.99 Å². The molecule has 11 heteroatoms. The average molecular weight is 316 g/mol. The zero-order valence-corrected chi connectivity index (χ0v) is 11.9. The highest BCUT2D eigenvalue weighted by molar-refractivity contribution is 7.73. The Kier molecular flexibility index (Phi) is 3.78. The largest absolute Gasteiger partial charge is 0.400 e. The van der Waals surface area contributed by atoms with E-state index in [4.69, 9.17) is 0 Å². The normalized spacial score (nSPS) is 24.8. The second kappa shape index (κ2) is 5.26. The molecule has 2 heterocycles. The van der Waals surface area contributed by atoms with Gasteiger partial charge in [0.25, 0.3) is 16.1 Å². The lowest BCUT2D eigenvalue weighted by atomic mass is 10.3. The molecule has 0 saturated heterocycles. The minimum absolute atomic E-state index is 0.0124. The quantitative estimate of drug-likeness (QED) is 0.320. The molecule has 0 saturated carbocycles. The molecule has 0 aromatic carbocycles. The first kappa shape index (κ1) is 15.1. The molecule has 9 nitrogen and oxygen atoms in total. The summed E-state index contributed by atoms with van der Waals surface area (Å²) >= 11 is 0. The van der Waals surface area contributed by atoms with Crippen LogP contribution in [0.3, 0.4) is 0 Å². The SMILES string of the molecule is CC[N+]1(C)C(c2ncc(F)cn2)=NC(=S(=O)=O)C1[N+](=O)[O-]. The third-order valence-electron chi connectivity index (χ3n) is 3.31. The average Bonchev–Trinajstić information content (AvgIpc) is 2.74. The second-order valence-electron chi connectivity index (χ2n) is 4.48. The summed E-state index contributed by atoms with van der Waals surface area (Å²) in [5.41, 5.74) is 0. The molecule has 0 bridgehead atoms. The Morgan fingerprint density at radius 2 is 2.00 bits per heavy atom. The van der Waals surface area contributed by atoms with Crippen molar-refractivity contribution in [2.45, 2.75) is 13.1 Å². The summed E-state index contributed by atoms with van der Waals surface area (Å²) in [5.74, 6) is -0.711. The van der Waals surface area contributed by atoms with Crippen molar-refractivity contribution in [3.05, 3.63) is 34.1 Å². The van der Waals surface area contributed by atoms with Crippen LogP contribution in [0.25, 0.3) is 0 Å². The highest BCUT2D eigenvalue weighted by Crippen LogP contribution is 2.24. The van der Waals surface area contributed by atoms with E-state index in [9.17, 15) is 22.9 Å². The van der Waals surface area contributed by atoms with E-state index in [1.807, 2.05) is 0 Å². The number of halogens is 1. The molecule has 0 amide bonds. The summed E-state index contributed by atoms with van der Waals surface area (Å²) in [6.07, 6.45) is 0.202. The maximum Gasteiger partial charge on any atom is 0.400 e. The topological polar surface area (TPSA) is 115 Å². The summed E-state index contributed by atoms with van der Waals surface area (Å²) in [5, 5.41) is 11.2. The molecule has 0 aliphatic carbocycles. The highest BCUT2D eigenvalue weighted by Gasteiger charge is 2.57. The molecule has 1 aliphatic heterocycles. The summed E-state index contributed by atoms with van der Waals surface area (Å²) in [6, 6.07) is 0. The molecule has 2 rings (SSSR count). The van der Waals surface area contributed by atoms with Gasteiger partial charge in [-0.25, -0.2) is 18.8 Å². The van der Waals surface area contributed by atoms with Crippen molar-refractivity contribution < 1.29 is 22.2 Å². The summed E-state index contributed by atoms with van der Waals surface area (Å²) in [6.45, 7) is 1.83. The van der Waals surface area contributed by atoms with Gasteiger partial charge in [0, 0.05) is 0 Å². The van der Waals surface area contributed by atoms with E-state index in [2.05, 4.69) is 15.0 Å². The number of hydrogen-bond donors (Lipinski definition) is 0. The molecule has 2 unspecified atom stereocenters. The number of likely N-dealkylation sites (N-methyl/N-ethyl adjacent to an activating group) is 1. The Hall–Kier alpha value is -2.27. The van der Waals surface area contributed by atoms with Gasteiger partial charge in [0.2, 0.25) is 5.82 Å². The van der Waals surface area contributed by atoms with Crippen LogP contribution in [0.5, 0.6) is 0 Å². The molecule has 2 atom stereocenters. The Bertz CT molecular complexity index is 752. The molecule has 0 spiro atoms. The fraction of sp³-hybridized carbons (Fsp3) is 0.400. The lowest BCUT2D eigenvalue weighted by molar-refractivity contribution is -0.921. The standard InChI is InChI=1S/C10H11FN5O4S/c1-3-16(2)8(7-12-4-6(11)5-13-7)14-9(21(19)20)10(16)15(17)18/h4-5,10H,3H2,1-2H3/q+1. The van der Waals surface area contributed by atoms with Gasteiger partial charge < -0.3 is 0 Å². The summed E-state index contributed by atoms with van der Waals surface area (Å²) < 4.78 is 34.8. The van der Waals surface area contributed by atoms with Gasteiger partial charge in [-0.05, 0) is 6.92 Å². The first-order valence-corrected chi connectivity index (χ1v) is 6.90. The summed E-state index contributed by atoms with van der Waals surface area (Å²) in [4.78, 5) is 21.2. The number of quaternary nitrogens is 1. The minimum Gasteiger partial charge on any atom is -0.259 e. The van der Waals surface area contributed by atoms with E-state index in [1.54, 1.807) is 6.92 Å². The Morgan fingerprint density at radius 1 is 1.43 bits per heavy atom. The van der Waals surface area contributed by atoms with Gasteiger partial charge in [-0.3, -0.25) is 10.1 Å². The van der Waals surface area contributed by atoms with Gasteiger partial charge in [-0.2, -0.15) is 13.4 Å². The predicted octanol–water partition coefficient (Wildman–Crippen LogP) is -0.546. The molecule has 1 aromatic rings. The number of aromatic nitrogens is 2. The van der Waals surface area contributed by atoms with Crippen LogP contribution in [0.2, 0.25) is 0 Å². The fourth-order valence-corrected chi connectivity index (χ4v) is 2.74. The number of rotatable bonds is 3. The Labute approximate surface area is 120 Å². The number of aliphatic imine (C=N–C) groups is 1. The van der Waals surface area contributed by atoms with Gasteiger partial charge >= 0.3 is 11.2 Å². The van der Waals surface area contributed by atoms with E-state index in [0.717, 1.165) is 12.4 Å². The first-order chi connectivity index (χ1) is 9.81. The third-order valence-corrected chi connectivity index (χ3v) is 3.95. The number of nitro groups is 1. The zero-order chi connectivity index (χ0) is 15.8. The van der Waals surface area contributed by atoms with E-state index in [1.165, 1.54) is 7.05 Å². The maximum atomic E-state index is 12.9. The van der Waals surface area contributed by atoms with Crippen LogP contribution in [-0.2, 0) is 10.3 Å². The Morgan fingerprint density at radius 3 is 2.43 bits per heavy atom. The summed E-state index contributed by atoms with van der Waals surface area (Å²) in [7, 11) is -1.39. The van der Waals surface area contributed by atoms with Crippen LogP contribution in [-0.4, -0.2) is 58.4 Å².